The van der Waals surface area contributed by atoms with Crippen LogP contribution in [-0.2, 0) is 13.0 Å². The highest BCUT2D eigenvalue weighted by Gasteiger charge is 2.22. The summed E-state index contributed by atoms with van der Waals surface area (Å²) >= 11 is 0. The van der Waals surface area contributed by atoms with E-state index in [2.05, 4.69) is 44.5 Å². The van der Waals surface area contributed by atoms with Crippen LogP contribution in [0.2, 0.25) is 0 Å². The number of anilines is 3. The molecule has 3 aromatic rings. The van der Waals surface area contributed by atoms with Crippen LogP contribution < -0.4 is 19.7 Å². The first-order valence-electron chi connectivity index (χ1n) is 8.68. The van der Waals surface area contributed by atoms with E-state index < -0.39 is 0 Å². The highest BCUT2D eigenvalue weighted by molar-refractivity contribution is 5.66. The van der Waals surface area contributed by atoms with Crippen molar-refractivity contribution in [3.8, 4) is 11.5 Å². The Bertz CT molecular complexity index is 960. The summed E-state index contributed by atoms with van der Waals surface area (Å²) in [5, 5.41) is 3.37. The molecule has 3 heterocycles. The fraction of sp³-hybridized carbons (Fsp3) is 0.200. The van der Waals surface area contributed by atoms with Crippen LogP contribution in [-0.4, -0.2) is 23.3 Å². The lowest BCUT2D eigenvalue weighted by atomic mass is 10.2. The molecule has 0 spiro atoms. The molecule has 6 heteroatoms. The van der Waals surface area contributed by atoms with Gasteiger partial charge in [-0.25, -0.2) is 4.98 Å². The Morgan fingerprint density at radius 2 is 1.96 bits per heavy atom. The minimum Gasteiger partial charge on any atom is -0.454 e. The van der Waals surface area contributed by atoms with Crippen LogP contribution in [0.25, 0.3) is 0 Å². The Balaban J connectivity index is 1.33. The van der Waals surface area contributed by atoms with Crippen LogP contribution in [0.15, 0.2) is 54.7 Å². The molecule has 0 bridgehead atoms. The van der Waals surface area contributed by atoms with E-state index in [9.17, 15) is 0 Å². The quantitative estimate of drug-likeness (QED) is 0.780. The molecule has 0 atom stereocenters. The lowest BCUT2D eigenvalue weighted by Crippen LogP contribution is -2.17. The second-order valence-electron chi connectivity index (χ2n) is 6.31. The summed E-state index contributed by atoms with van der Waals surface area (Å²) in [5.74, 6) is 3.12. The Morgan fingerprint density at radius 3 is 2.96 bits per heavy atom. The van der Waals surface area contributed by atoms with Crippen molar-refractivity contribution in [3.05, 3.63) is 65.9 Å². The predicted molar refractivity (Wildman–Crippen MR) is 99.1 cm³/mol. The fourth-order valence-corrected chi connectivity index (χ4v) is 3.37. The highest BCUT2D eigenvalue weighted by atomic mass is 16.7. The Morgan fingerprint density at radius 1 is 1.04 bits per heavy atom. The van der Waals surface area contributed by atoms with Gasteiger partial charge in [-0.2, -0.15) is 4.98 Å². The van der Waals surface area contributed by atoms with Gasteiger partial charge in [0.1, 0.15) is 5.82 Å². The summed E-state index contributed by atoms with van der Waals surface area (Å²) in [7, 11) is 0. The van der Waals surface area contributed by atoms with Crippen molar-refractivity contribution in [2.45, 2.75) is 13.0 Å². The number of fused-ring (bicyclic) bond motifs is 2. The van der Waals surface area contributed by atoms with E-state index in [4.69, 9.17) is 9.47 Å². The van der Waals surface area contributed by atoms with Gasteiger partial charge in [-0.3, -0.25) is 0 Å². The SMILES string of the molecule is c1ccc2c(c1)CCN2c1nccc(NCc2ccc3c(c2)OCO3)n1. The zero-order valence-corrected chi connectivity index (χ0v) is 14.2. The molecule has 2 aliphatic heterocycles. The van der Waals surface area contributed by atoms with E-state index in [0.717, 1.165) is 41.8 Å². The maximum Gasteiger partial charge on any atom is 0.231 e. The van der Waals surface area contributed by atoms with Crippen molar-refractivity contribution in [2.24, 2.45) is 0 Å². The third kappa shape index (κ3) is 2.69. The van der Waals surface area contributed by atoms with Crippen molar-refractivity contribution in [2.75, 3.05) is 23.6 Å². The Kier molecular flexibility index (Phi) is 3.59. The van der Waals surface area contributed by atoms with Crippen molar-refractivity contribution in [1.82, 2.24) is 9.97 Å². The van der Waals surface area contributed by atoms with Crippen LogP contribution in [0.4, 0.5) is 17.5 Å². The van der Waals surface area contributed by atoms with Gasteiger partial charge < -0.3 is 19.7 Å². The number of nitrogens with one attached hydrogen (secondary N) is 1. The van der Waals surface area contributed by atoms with Gasteiger partial charge in [-0.15, -0.1) is 0 Å². The second-order valence-corrected chi connectivity index (χ2v) is 6.31. The fourth-order valence-electron chi connectivity index (χ4n) is 3.37. The van der Waals surface area contributed by atoms with Crippen molar-refractivity contribution < 1.29 is 9.47 Å². The van der Waals surface area contributed by atoms with Crippen molar-refractivity contribution in [3.63, 3.8) is 0 Å². The standard InChI is InChI=1S/C20H18N4O2/c1-2-4-16-15(3-1)8-10-24(16)20-21-9-7-19(23-20)22-12-14-5-6-17-18(11-14)26-13-25-17/h1-7,9,11H,8,10,12-13H2,(H,21,22,23). The third-order valence-electron chi connectivity index (χ3n) is 4.68. The number of nitrogens with zero attached hydrogens (tertiary/aromatic N) is 3. The number of rotatable bonds is 4. The van der Waals surface area contributed by atoms with Gasteiger partial charge >= 0.3 is 0 Å². The van der Waals surface area contributed by atoms with Crippen LogP contribution in [0.5, 0.6) is 11.5 Å². The maximum atomic E-state index is 5.43. The molecule has 0 saturated heterocycles. The number of aromatic nitrogens is 2. The molecule has 5 rings (SSSR count). The van der Waals surface area contributed by atoms with E-state index in [1.807, 2.05) is 24.3 Å². The normalized spacial score (nSPS) is 14.4. The molecule has 6 nitrogen and oxygen atoms in total. The molecule has 1 aromatic heterocycles. The van der Waals surface area contributed by atoms with Crippen LogP contribution in [0.3, 0.4) is 0 Å². The van der Waals surface area contributed by atoms with Crippen LogP contribution >= 0.6 is 0 Å². The number of hydrogen-bond donors (Lipinski definition) is 1. The van der Waals surface area contributed by atoms with E-state index in [0.29, 0.717) is 13.3 Å². The van der Waals surface area contributed by atoms with E-state index in [1.165, 1.54) is 11.3 Å². The molecule has 0 aliphatic carbocycles. The average molecular weight is 346 g/mol. The minimum absolute atomic E-state index is 0.290. The molecule has 1 N–H and O–H groups in total. The summed E-state index contributed by atoms with van der Waals surface area (Å²) < 4.78 is 10.8. The molecule has 0 amide bonds. The maximum absolute atomic E-state index is 5.43. The van der Waals surface area contributed by atoms with Gasteiger partial charge in [0, 0.05) is 25.0 Å². The van der Waals surface area contributed by atoms with Crippen LogP contribution in [0.1, 0.15) is 11.1 Å². The van der Waals surface area contributed by atoms with E-state index >= 15 is 0 Å². The molecule has 0 unspecified atom stereocenters. The van der Waals surface area contributed by atoms with Crippen molar-refractivity contribution >= 4 is 17.5 Å². The first-order chi connectivity index (χ1) is 12.9. The smallest absolute Gasteiger partial charge is 0.231 e. The third-order valence-corrected chi connectivity index (χ3v) is 4.68. The number of benzene rings is 2. The molecule has 2 aliphatic rings. The van der Waals surface area contributed by atoms with Gasteiger partial charge in [-0.1, -0.05) is 24.3 Å². The molecular weight excluding hydrogens is 328 g/mol. The lowest BCUT2D eigenvalue weighted by molar-refractivity contribution is 0.174. The summed E-state index contributed by atoms with van der Waals surface area (Å²) in [6, 6.07) is 16.3. The summed E-state index contributed by atoms with van der Waals surface area (Å²) in [6.45, 7) is 1.85. The van der Waals surface area contributed by atoms with E-state index in [1.54, 1.807) is 6.20 Å². The number of para-hydroxylation sites is 1. The molecule has 26 heavy (non-hydrogen) atoms. The predicted octanol–water partition coefficient (Wildman–Crippen LogP) is 3.51. The Hall–Kier alpha value is -3.28. The first kappa shape index (κ1) is 15.0. The molecular formula is C20H18N4O2. The summed E-state index contributed by atoms with van der Waals surface area (Å²) in [6.07, 6.45) is 2.82. The highest BCUT2D eigenvalue weighted by Crippen LogP contribution is 2.33. The van der Waals surface area contributed by atoms with Gasteiger partial charge in [0.2, 0.25) is 12.7 Å². The van der Waals surface area contributed by atoms with E-state index in [-0.39, 0.29) is 0 Å². The monoisotopic (exact) mass is 346 g/mol. The van der Waals surface area contributed by atoms with Crippen molar-refractivity contribution in [1.29, 1.82) is 0 Å². The zero-order chi connectivity index (χ0) is 17.3. The molecule has 0 radical (unpaired) electrons. The van der Waals surface area contributed by atoms with Gasteiger partial charge in [0.25, 0.3) is 0 Å². The lowest BCUT2D eigenvalue weighted by Gasteiger charge is -2.17. The molecule has 130 valence electrons. The summed E-state index contributed by atoms with van der Waals surface area (Å²) in [5.41, 5.74) is 3.65. The number of ether oxygens (including phenoxy) is 2. The molecule has 0 saturated carbocycles. The second kappa shape index (κ2) is 6.22. The van der Waals surface area contributed by atoms with Gasteiger partial charge in [-0.05, 0) is 41.8 Å². The first-order valence-corrected chi connectivity index (χ1v) is 8.68. The summed E-state index contributed by atoms with van der Waals surface area (Å²) in [4.78, 5) is 11.3. The molecule has 2 aromatic carbocycles. The molecule has 0 fully saturated rings. The number of hydrogen-bond acceptors (Lipinski definition) is 6. The Labute approximate surface area is 151 Å². The van der Waals surface area contributed by atoms with Gasteiger partial charge in [0.05, 0.1) is 0 Å². The largest absolute Gasteiger partial charge is 0.454 e. The topological polar surface area (TPSA) is 59.5 Å². The zero-order valence-electron chi connectivity index (χ0n) is 14.2. The average Bonchev–Trinajstić information content (AvgIpc) is 3.33. The van der Waals surface area contributed by atoms with Gasteiger partial charge in [0.15, 0.2) is 11.5 Å². The minimum atomic E-state index is 0.290. The van der Waals surface area contributed by atoms with Crippen LogP contribution in [0, 0.1) is 0 Å².